The van der Waals surface area contributed by atoms with E-state index in [0.717, 1.165) is 19.6 Å². The molecule has 0 spiro atoms. The third-order valence-corrected chi connectivity index (χ3v) is 4.47. The molecular weight excluding hydrogens is 234 g/mol. The number of rotatable bonds is 3. The van der Waals surface area contributed by atoms with Crippen molar-refractivity contribution in [2.45, 2.75) is 32.9 Å². The van der Waals surface area contributed by atoms with Crippen LogP contribution in [-0.4, -0.2) is 44.7 Å². The molecule has 1 saturated heterocycles. The van der Waals surface area contributed by atoms with Crippen molar-refractivity contribution in [2.24, 2.45) is 0 Å². The summed E-state index contributed by atoms with van der Waals surface area (Å²) in [5, 5.41) is 7.04. The molecule has 1 aliphatic heterocycles. The highest BCUT2D eigenvalue weighted by Crippen LogP contribution is 2.26. The topological polar surface area (TPSA) is 27.3 Å². The van der Waals surface area contributed by atoms with E-state index in [-0.39, 0.29) is 0 Å². The Labute approximate surface area is 117 Å². The van der Waals surface area contributed by atoms with Gasteiger partial charge in [-0.15, -0.1) is 0 Å². The Bertz CT molecular complexity index is 442. The molecule has 0 aliphatic carbocycles. The monoisotopic (exact) mass is 261 g/mol. The molecule has 1 aromatic carbocycles. The van der Waals surface area contributed by atoms with Crippen LogP contribution in [0, 0.1) is 20.8 Å². The molecule has 2 N–H and O–H groups in total. The summed E-state index contributed by atoms with van der Waals surface area (Å²) in [4.78, 5) is 2.46. The zero-order valence-electron chi connectivity index (χ0n) is 12.9. The summed E-state index contributed by atoms with van der Waals surface area (Å²) in [6.07, 6.45) is 0. The van der Waals surface area contributed by atoms with Crippen LogP contribution in [0.25, 0.3) is 0 Å². The van der Waals surface area contributed by atoms with Gasteiger partial charge in [0.1, 0.15) is 0 Å². The second kappa shape index (κ2) is 6.04. The van der Waals surface area contributed by atoms with Gasteiger partial charge in [-0.2, -0.15) is 0 Å². The molecule has 0 radical (unpaired) electrons. The number of hydrogen-bond donors (Lipinski definition) is 2. The Hall–Kier alpha value is -0.900. The minimum Gasteiger partial charge on any atom is -0.314 e. The van der Waals surface area contributed by atoms with Gasteiger partial charge in [-0.3, -0.25) is 4.90 Å². The van der Waals surface area contributed by atoms with Crippen molar-refractivity contribution in [1.29, 1.82) is 0 Å². The minimum absolute atomic E-state index is 0.386. The van der Waals surface area contributed by atoms with Crippen LogP contribution in [0.4, 0.5) is 0 Å². The number of aryl methyl sites for hydroxylation is 3. The van der Waals surface area contributed by atoms with Crippen molar-refractivity contribution in [3.8, 4) is 0 Å². The maximum absolute atomic E-state index is 3.52. The third-order valence-electron chi connectivity index (χ3n) is 4.47. The number of piperazine rings is 1. The molecule has 3 heteroatoms. The molecule has 0 saturated carbocycles. The number of nitrogens with zero attached hydrogens (tertiary/aromatic N) is 1. The van der Waals surface area contributed by atoms with Crippen LogP contribution < -0.4 is 10.6 Å². The maximum Gasteiger partial charge on any atom is 0.0490 e. The molecule has 3 nitrogen and oxygen atoms in total. The number of hydrogen-bond acceptors (Lipinski definition) is 3. The lowest BCUT2D eigenvalue weighted by molar-refractivity contribution is 0.161. The quantitative estimate of drug-likeness (QED) is 0.868. The van der Waals surface area contributed by atoms with Crippen molar-refractivity contribution < 1.29 is 0 Å². The lowest BCUT2D eigenvalue weighted by Crippen LogP contribution is -2.54. The van der Waals surface area contributed by atoms with Crippen LogP contribution in [0.2, 0.25) is 0 Å². The maximum atomic E-state index is 3.52. The molecule has 0 aromatic heterocycles. The Morgan fingerprint density at radius 1 is 1.21 bits per heavy atom. The van der Waals surface area contributed by atoms with Crippen molar-refractivity contribution in [2.75, 3.05) is 33.7 Å². The fourth-order valence-corrected chi connectivity index (χ4v) is 3.07. The van der Waals surface area contributed by atoms with Crippen LogP contribution >= 0.6 is 0 Å². The molecule has 2 rings (SSSR count). The van der Waals surface area contributed by atoms with E-state index in [9.17, 15) is 0 Å². The molecule has 1 heterocycles. The predicted molar refractivity (Wildman–Crippen MR) is 81.7 cm³/mol. The van der Waals surface area contributed by atoms with Gasteiger partial charge in [-0.05, 0) is 57.1 Å². The Balaban J connectivity index is 2.33. The highest BCUT2D eigenvalue weighted by Gasteiger charge is 2.28. The average Bonchev–Trinajstić information content (AvgIpc) is 2.38. The minimum atomic E-state index is 0.386. The van der Waals surface area contributed by atoms with Crippen molar-refractivity contribution in [3.05, 3.63) is 34.4 Å². The zero-order chi connectivity index (χ0) is 14.0. The standard InChI is InChI=1S/C16H27N3/c1-11-8-13(3)14(9-12(11)2)16(17-4)15-10-18-6-7-19(15)5/h8-9,15-18H,6-7,10H2,1-5H3. The summed E-state index contributed by atoms with van der Waals surface area (Å²) in [6.45, 7) is 9.88. The summed E-state index contributed by atoms with van der Waals surface area (Å²) in [5.41, 5.74) is 5.59. The van der Waals surface area contributed by atoms with E-state index in [0.29, 0.717) is 12.1 Å². The van der Waals surface area contributed by atoms with Gasteiger partial charge in [0.25, 0.3) is 0 Å². The van der Waals surface area contributed by atoms with Gasteiger partial charge >= 0.3 is 0 Å². The van der Waals surface area contributed by atoms with E-state index in [1.807, 2.05) is 0 Å². The predicted octanol–water partition coefficient (Wildman–Crippen LogP) is 1.78. The van der Waals surface area contributed by atoms with E-state index in [2.05, 4.69) is 62.5 Å². The first-order valence-electron chi connectivity index (χ1n) is 7.20. The van der Waals surface area contributed by atoms with Crippen molar-refractivity contribution >= 4 is 0 Å². The van der Waals surface area contributed by atoms with Crippen molar-refractivity contribution in [3.63, 3.8) is 0 Å². The second-order valence-electron chi connectivity index (χ2n) is 5.81. The average molecular weight is 261 g/mol. The summed E-state index contributed by atoms with van der Waals surface area (Å²) in [6, 6.07) is 5.57. The first-order chi connectivity index (χ1) is 9.04. The largest absolute Gasteiger partial charge is 0.314 e. The van der Waals surface area contributed by atoms with Crippen molar-refractivity contribution in [1.82, 2.24) is 15.5 Å². The highest BCUT2D eigenvalue weighted by atomic mass is 15.2. The van der Waals surface area contributed by atoms with Crippen LogP contribution in [0.1, 0.15) is 28.3 Å². The van der Waals surface area contributed by atoms with Gasteiger partial charge in [-0.25, -0.2) is 0 Å². The molecule has 0 amide bonds. The number of nitrogens with one attached hydrogen (secondary N) is 2. The lowest BCUT2D eigenvalue weighted by Gasteiger charge is -2.39. The van der Waals surface area contributed by atoms with E-state index < -0.39 is 0 Å². The fraction of sp³-hybridized carbons (Fsp3) is 0.625. The van der Waals surface area contributed by atoms with E-state index in [1.165, 1.54) is 22.3 Å². The molecular formula is C16H27N3. The molecule has 1 aromatic rings. The molecule has 106 valence electrons. The van der Waals surface area contributed by atoms with Crippen LogP contribution in [0.3, 0.4) is 0 Å². The second-order valence-corrected chi connectivity index (χ2v) is 5.81. The SMILES string of the molecule is CNC(c1cc(C)c(C)cc1C)C1CNCCN1C. The summed E-state index contributed by atoms with van der Waals surface area (Å²) < 4.78 is 0. The Kier molecular flexibility index (Phi) is 4.61. The summed E-state index contributed by atoms with van der Waals surface area (Å²) >= 11 is 0. The van der Waals surface area contributed by atoms with Gasteiger partial charge in [-0.1, -0.05) is 12.1 Å². The fourth-order valence-electron chi connectivity index (χ4n) is 3.07. The van der Waals surface area contributed by atoms with Gasteiger partial charge in [0.05, 0.1) is 0 Å². The van der Waals surface area contributed by atoms with E-state index in [4.69, 9.17) is 0 Å². The summed E-state index contributed by atoms with van der Waals surface area (Å²) in [5.74, 6) is 0. The Morgan fingerprint density at radius 3 is 2.53 bits per heavy atom. The molecule has 2 unspecified atom stereocenters. The highest BCUT2D eigenvalue weighted by molar-refractivity contribution is 5.39. The van der Waals surface area contributed by atoms with Gasteiger partial charge in [0, 0.05) is 31.7 Å². The lowest BCUT2D eigenvalue weighted by atomic mass is 9.90. The molecule has 19 heavy (non-hydrogen) atoms. The molecule has 1 aliphatic rings. The Morgan fingerprint density at radius 2 is 1.89 bits per heavy atom. The number of benzene rings is 1. The van der Waals surface area contributed by atoms with E-state index in [1.54, 1.807) is 0 Å². The van der Waals surface area contributed by atoms with Gasteiger partial charge < -0.3 is 10.6 Å². The molecule has 0 bridgehead atoms. The van der Waals surface area contributed by atoms with Crippen LogP contribution in [-0.2, 0) is 0 Å². The third kappa shape index (κ3) is 2.99. The first-order valence-corrected chi connectivity index (χ1v) is 7.20. The molecule has 2 atom stereocenters. The van der Waals surface area contributed by atoms with Crippen LogP contribution in [0.5, 0.6) is 0 Å². The first kappa shape index (κ1) is 14.5. The zero-order valence-corrected chi connectivity index (χ0v) is 12.9. The summed E-state index contributed by atoms with van der Waals surface area (Å²) in [7, 11) is 4.30. The molecule has 1 fully saturated rings. The van der Waals surface area contributed by atoms with E-state index >= 15 is 0 Å². The van der Waals surface area contributed by atoms with Crippen LogP contribution in [0.15, 0.2) is 12.1 Å². The number of likely N-dealkylation sites (N-methyl/N-ethyl adjacent to an activating group) is 2. The smallest absolute Gasteiger partial charge is 0.0490 e. The van der Waals surface area contributed by atoms with Gasteiger partial charge in [0.15, 0.2) is 0 Å². The normalized spacial score (nSPS) is 22.5. The van der Waals surface area contributed by atoms with Gasteiger partial charge in [0.2, 0.25) is 0 Å².